The Morgan fingerprint density at radius 1 is 0.522 bits per heavy atom. The Labute approximate surface area is 328 Å². The molecule has 0 spiro atoms. The summed E-state index contributed by atoms with van der Waals surface area (Å²) >= 11 is 0. The maximum Gasteiger partial charge on any atom is 3.00 e. The molecule has 0 fully saturated rings. The summed E-state index contributed by atoms with van der Waals surface area (Å²) in [7, 11) is 2.40. The van der Waals surface area contributed by atoms with E-state index in [1.807, 2.05) is 12.1 Å². The zero-order chi connectivity index (χ0) is 32.8. The molecule has 0 unspecified atom stereocenters. The van der Waals surface area contributed by atoms with Crippen LogP contribution in [-0.2, 0) is 32.7 Å². The normalized spacial score (nSPS) is 12.0. The Balaban J connectivity index is -0.000000185. The van der Waals surface area contributed by atoms with Gasteiger partial charge < -0.3 is 43.9 Å². The van der Waals surface area contributed by atoms with Crippen molar-refractivity contribution in [3.8, 4) is 0 Å². The van der Waals surface area contributed by atoms with Crippen LogP contribution < -0.4 is 18.9 Å². The summed E-state index contributed by atoms with van der Waals surface area (Å²) in [6.45, 7) is 29.2. The van der Waals surface area contributed by atoms with Crippen molar-refractivity contribution in [2.24, 2.45) is 9.32 Å². The fraction of sp³-hybridized carbons (Fsp3) is 0.529. The number of hydrogen-bond acceptors (Lipinski definition) is 4. The van der Waals surface area contributed by atoms with E-state index in [-0.39, 0.29) is 66.4 Å². The minimum absolute atomic E-state index is 0. The van der Waals surface area contributed by atoms with Gasteiger partial charge in [0, 0.05) is 46.0 Å². The summed E-state index contributed by atoms with van der Waals surface area (Å²) < 4.78 is 9.78. The van der Waals surface area contributed by atoms with E-state index >= 15 is 0 Å². The van der Waals surface area contributed by atoms with Crippen LogP contribution >= 0.6 is 0 Å². The number of likely N-dealkylation sites (N-methyl/N-ethyl adjacent to an activating group) is 2. The van der Waals surface area contributed by atoms with Crippen molar-refractivity contribution in [1.82, 2.24) is 9.80 Å². The van der Waals surface area contributed by atoms with Crippen LogP contribution in [0.2, 0.25) is 78.6 Å². The first-order valence-corrected chi connectivity index (χ1v) is 28.8. The standard InChI is InChI=1S/2C13H23N2Si2.C6H16N2.2CH3.Li.Y/c2*1-16(2,3)14-13(15-17(4,5)6)12-10-8-7-9-11-12;1-7(2)5-6-8(3)4;;;;/h2*7-11H,1-6H3;5-6H2,1-4H3;2*1H3;;/q2*-1;;2*-1;+1;+3. The first-order chi connectivity index (χ1) is 19.0. The molecule has 2 aromatic carbocycles. The van der Waals surface area contributed by atoms with Gasteiger partial charge in [0.05, 0.1) is 0 Å². The number of hydrogen-bond donors (Lipinski definition) is 0. The molecule has 12 heteroatoms. The predicted octanol–water partition coefficient (Wildman–Crippen LogP) is 6.97. The fourth-order valence-electron chi connectivity index (χ4n) is 3.15. The van der Waals surface area contributed by atoms with Crippen LogP contribution in [0.1, 0.15) is 11.1 Å². The van der Waals surface area contributed by atoms with Crippen molar-refractivity contribution in [3.05, 3.63) is 96.6 Å². The molecule has 0 aliphatic rings. The van der Waals surface area contributed by atoms with Crippen molar-refractivity contribution in [1.29, 1.82) is 0 Å². The van der Waals surface area contributed by atoms with Crippen LogP contribution in [0.15, 0.2) is 70.0 Å². The van der Waals surface area contributed by atoms with Gasteiger partial charge in [0.25, 0.3) is 0 Å². The predicted molar refractivity (Wildman–Crippen MR) is 216 cm³/mol. The van der Waals surface area contributed by atoms with Crippen LogP contribution in [0.5, 0.6) is 0 Å². The maximum atomic E-state index is 4.89. The number of rotatable bonds is 9. The van der Waals surface area contributed by atoms with Crippen molar-refractivity contribution >= 4 is 44.6 Å². The van der Waals surface area contributed by atoms with E-state index in [9.17, 15) is 0 Å². The third kappa shape index (κ3) is 33.8. The van der Waals surface area contributed by atoms with Crippen molar-refractivity contribution in [3.63, 3.8) is 0 Å². The SMILES string of the molecule is CN(C)CCN(C)C.C[Si](C)(C)/N=C(/[N-][Si](C)(C)C)c1ccccc1.C[Si](C)(C)/N=C(/[N-][Si](C)(C)C)c1ccccc1.[CH3-].[CH3-].[Li+].[Y+3]. The van der Waals surface area contributed by atoms with Crippen LogP contribution in [0.3, 0.4) is 0 Å². The molecule has 46 heavy (non-hydrogen) atoms. The van der Waals surface area contributed by atoms with Crippen LogP contribution in [-0.4, -0.2) is 95.7 Å². The molecule has 0 bridgehead atoms. The molecule has 0 radical (unpaired) electrons. The Bertz CT molecular complexity index is 988. The van der Waals surface area contributed by atoms with Crippen LogP contribution in [0.4, 0.5) is 0 Å². The Morgan fingerprint density at radius 3 is 0.935 bits per heavy atom. The van der Waals surface area contributed by atoms with Crippen molar-refractivity contribution in [2.45, 2.75) is 78.6 Å². The molecule has 0 N–H and O–H groups in total. The van der Waals surface area contributed by atoms with Gasteiger partial charge in [-0.1, -0.05) is 151 Å². The van der Waals surface area contributed by atoms with Crippen LogP contribution in [0, 0.1) is 14.9 Å². The summed E-state index contributed by atoms with van der Waals surface area (Å²) in [4.78, 5) is 14.1. The molecule has 2 aromatic rings. The van der Waals surface area contributed by atoms with E-state index in [0.717, 1.165) is 35.9 Å². The molecule has 0 saturated carbocycles. The van der Waals surface area contributed by atoms with Gasteiger partial charge in [0.2, 0.25) is 0 Å². The molecule has 0 saturated heterocycles. The van der Waals surface area contributed by atoms with E-state index in [2.05, 4.69) is 165 Å². The van der Waals surface area contributed by atoms with Gasteiger partial charge in [-0.15, -0.1) is 0 Å². The Morgan fingerprint density at radius 2 is 0.761 bits per heavy atom. The van der Waals surface area contributed by atoms with Gasteiger partial charge in [-0.05, 0) is 39.3 Å². The summed E-state index contributed by atoms with van der Waals surface area (Å²) in [5.74, 6) is 1.92. The molecule has 0 heterocycles. The average molecular weight is 769 g/mol. The summed E-state index contributed by atoms with van der Waals surface area (Å²) in [6, 6.07) is 20.7. The second-order valence-corrected chi connectivity index (χ2v) is 33.4. The largest absolute Gasteiger partial charge is 3.00 e. The average Bonchev–Trinajstić information content (AvgIpc) is 2.80. The summed E-state index contributed by atoms with van der Waals surface area (Å²) in [5, 5.41) is 0. The quantitative estimate of drug-likeness (QED) is 0.120. The zero-order valence-corrected chi connectivity index (χ0v) is 40.3. The minimum Gasteiger partial charge on any atom is -0.472 e. The second kappa shape index (κ2) is 25.8. The van der Waals surface area contributed by atoms with Gasteiger partial charge in [-0.2, -0.15) is 0 Å². The number of nitrogens with zero attached hydrogens (tertiary/aromatic N) is 6. The topological polar surface area (TPSA) is 59.4 Å². The van der Waals surface area contributed by atoms with Gasteiger partial charge in [0.1, 0.15) is 0 Å². The van der Waals surface area contributed by atoms with Gasteiger partial charge >= 0.3 is 51.6 Å². The zero-order valence-electron chi connectivity index (χ0n) is 33.4. The van der Waals surface area contributed by atoms with Crippen molar-refractivity contribution in [2.75, 3.05) is 41.3 Å². The van der Waals surface area contributed by atoms with E-state index in [4.69, 9.17) is 19.3 Å². The third-order valence-electron chi connectivity index (χ3n) is 4.82. The monoisotopic (exact) mass is 768 g/mol. The van der Waals surface area contributed by atoms with Gasteiger partial charge in [-0.3, -0.25) is 0 Å². The molecule has 6 nitrogen and oxygen atoms in total. The van der Waals surface area contributed by atoms with E-state index in [1.54, 1.807) is 0 Å². The molecule has 254 valence electrons. The first-order valence-electron chi connectivity index (χ1n) is 15.0. The maximum absolute atomic E-state index is 4.89. The molecule has 0 amide bonds. The van der Waals surface area contributed by atoms with E-state index in [1.165, 1.54) is 0 Å². The Hall–Kier alpha value is -0.131. The molecule has 0 aromatic heterocycles. The second-order valence-electron chi connectivity index (χ2n) is 15.1. The fourth-order valence-corrected chi connectivity index (χ4v) is 6.61. The third-order valence-corrected chi connectivity index (χ3v) is 8.35. The molecule has 2 rings (SSSR count). The molecular weight excluding hydrogens is 701 g/mol. The Kier molecular flexibility index (Phi) is 31.0. The molecular formula is C34H68LiN6Si4Y. The first kappa shape index (κ1) is 55.3. The summed E-state index contributed by atoms with van der Waals surface area (Å²) in [5.41, 5.74) is 2.30. The number of amidine groups is 2. The van der Waals surface area contributed by atoms with Gasteiger partial charge in [-0.25, -0.2) is 0 Å². The van der Waals surface area contributed by atoms with Gasteiger partial charge in [0.15, 0.2) is 0 Å². The smallest absolute Gasteiger partial charge is 0.472 e. The molecule has 0 atom stereocenters. The van der Waals surface area contributed by atoms with E-state index < -0.39 is 32.9 Å². The summed E-state index contributed by atoms with van der Waals surface area (Å²) in [6.07, 6.45) is 0. The van der Waals surface area contributed by atoms with Crippen molar-refractivity contribution < 1.29 is 51.6 Å². The van der Waals surface area contributed by atoms with Crippen LogP contribution in [0.25, 0.3) is 9.96 Å². The minimum atomic E-state index is -1.49. The molecule has 0 aliphatic carbocycles. The molecule has 0 aliphatic heterocycles. The van der Waals surface area contributed by atoms with E-state index in [0.29, 0.717) is 0 Å². The number of benzene rings is 2.